The van der Waals surface area contributed by atoms with Crippen LogP contribution >= 0.6 is 11.3 Å². The molecule has 8 heteroatoms. The van der Waals surface area contributed by atoms with Gasteiger partial charge < -0.3 is 5.32 Å². The molecule has 0 unspecified atom stereocenters. The maximum absolute atomic E-state index is 12.9. The van der Waals surface area contributed by atoms with Crippen molar-refractivity contribution in [2.24, 2.45) is 5.92 Å². The first-order chi connectivity index (χ1) is 13.5. The summed E-state index contributed by atoms with van der Waals surface area (Å²) in [6, 6.07) is 7.15. The summed E-state index contributed by atoms with van der Waals surface area (Å²) in [5.74, 6) is 0.704. The van der Waals surface area contributed by atoms with Crippen molar-refractivity contribution in [1.29, 1.82) is 0 Å². The quantitative estimate of drug-likeness (QED) is 0.595. The zero-order valence-corrected chi connectivity index (χ0v) is 17.2. The maximum atomic E-state index is 12.9. The summed E-state index contributed by atoms with van der Waals surface area (Å²) in [4.78, 5) is 32.8. The first kappa shape index (κ1) is 20.0. The second-order valence-electron chi connectivity index (χ2n) is 6.78. The number of aryl methyl sites for hydroxylation is 1. The first-order valence-corrected chi connectivity index (χ1v) is 10.4. The average Bonchev–Trinajstić information content (AvgIpc) is 3.30. The molecule has 0 bridgehead atoms. The Hall–Kier alpha value is -2.74. The minimum Gasteiger partial charge on any atom is -0.310 e. The molecule has 28 heavy (non-hydrogen) atoms. The highest BCUT2D eigenvalue weighted by Crippen LogP contribution is 2.28. The highest BCUT2D eigenvalue weighted by Gasteiger charge is 2.21. The van der Waals surface area contributed by atoms with Gasteiger partial charge in [0.2, 0.25) is 11.9 Å². The molecule has 2 N–H and O–H groups in total. The normalized spacial score (nSPS) is 11.1. The molecule has 0 aliphatic rings. The van der Waals surface area contributed by atoms with Crippen molar-refractivity contribution in [1.82, 2.24) is 19.7 Å². The highest BCUT2D eigenvalue weighted by atomic mass is 32.1. The molecule has 148 valence electrons. The summed E-state index contributed by atoms with van der Waals surface area (Å²) in [5, 5.41) is 9.56. The minimum atomic E-state index is -0.261. The Morgan fingerprint density at radius 3 is 2.64 bits per heavy atom. The number of rotatable bonds is 8. The van der Waals surface area contributed by atoms with Crippen molar-refractivity contribution in [3.8, 4) is 16.5 Å². The fourth-order valence-electron chi connectivity index (χ4n) is 3.17. The number of aromatic nitrogens is 4. The van der Waals surface area contributed by atoms with Gasteiger partial charge in [0.1, 0.15) is 11.5 Å². The Kier molecular flexibility index (Phi) is 6.41. The first-order valence-electron chi connectivity index (χ1n) is 9.55. The summed E-state index contributed by atoms with van der Waals surface area (Å²) in [5.41, 5.74) is 1.04. The van der Waals surface area contributed by atoms with Crippen molar-refractivity contribution in [2.45, 2.75) is 46.5 Å². The molecule has 7 nitrogen and oxygen atoms in total. The van der Waals surface area contributed by atoms with Gasteiger partial charge in [0.15, 0.2) is 0 Å². The van der Waals surface area contributed by atoms with Crippen LogP contribution in [0, 0.1) is 12.8 Å². The molecule has 1 amide bonds. The van der Waals surface area contributed by atoms with Crippen molar-refractivity contribution in [2.75, 3.05) is 5.32 Å². The molecule has 0 atom stereocenters. The van der Waals surface area contributed by atoms with Crippen LogP contribution in [0.3, 0.4) is 0 Å². The maximum Gasteiger partial charge on any atom is 0.252 e. The van der Waals surface area contributed by atoms with Gasteiger partial charge in [0.05, 0.1) is 4.88 Å². The number of nitrogens with zero attached hydrogens (tertiary/aromatic N) is 3. The van der Waals surface area contributed by atoms with Crippen LogP contribution < -0.4 is 10.9 Å². The fraction of sp³-hybridized carbons (Fsp3) is 0.400. The molecule has 0 aliphatic heterocycles. The third-order valence-electron chi connectivity index (χ3n) is 4.44. The van der Waals surface area contributed by atoms with E-state index < -0.39 is 0 Å². The lowest BCUT2D eigenvalue weighted by atomic mass is 9.97. The number of carbonyl (C=O) groups excluding carboxylic acids is 1. The Bertz CT molecular complexity index is 984. The summed E-state index contributed by atoms with van der Waals surface area (Å²) >= 11 is 1.56. The summed E-state index contributed by atoms with van der Waals surface area (Å²) in [6.45, 7) is 5.91. The van der Waals surface area contributed by atoms with Gasteiger partial charge in [-0.25, -0.2) is 4.98 Å². The third-order valence-corrected chi connectivity index (χ3v) is 5.33. The van der Waals surface area contributed by atoms with E-state index in [-0.39, 0.29) is 23.3 Å². The predicted molar refractivity (Wildman–Crippen MR) is 112 cm³/mol. The van der Waals surface area contributed by atoms with Gasteiger partial charge in [0, 0.05) is 23.7 Å². The summed E-state index contributed by atoms with van der Waals surface area (Å²) < 4.78 is 1.50. The molecule has 0 aliphatic carbocycles. The summed E-state index contributed by atoms with van der Waals surface area (Å²) in [7, 11) is 0. The number of amides is 1. The number of anilines is 1. The Morgan fingerprint density at radius 2 is 2.04 bits per heavy atom. The number of H-pyrrole nitrogens is 1. The lowest BCUT2D eigenvalue weighted by Gasteiger charge is -2.15. The topological polar surface area (TPSA) is 92.7 Å². The van der Waals surface area contributed by atoms with E-state index >= 15 is 0 Å². The van der Waals surface area contributed by atoms with E-state index in [0.29, 0.717) is 11.5 Å². The van der Waals surface area contributed by atoms with Gasteiger partial charge in [-0.1, -0.05) is 32.8 Å². The molecule has 3 aromatic heterocycles. The second-order valence-corrected chi connectivity index (χ2v) is 7.73. The Balaban J connectivity index is 2.01. The van der Waals surface area contributed by atoms with Crippen molar-refractivity contribution < 1.29 is 4.79 Å². The van der Waals surface area contributed by atoms with Gasteiger partial charge in [-0.15, -0.1) is 11.3 Å². The SMILES string of the molecule is CCCC(CCC)C(=O)Nc1cc(-c2cccs2)nn1-c1nc(C)cc(=O)[nH]1. The molecule has 3 aromatic rings. The number of carbonyl (C=O) groups is 1. The van der Waals surface area contributed by atoms with Crippen LogP contribution in [0.4, 0.5) is 5.82 Å². The number of aromatic amines is 1. The monoisotopic (exact) mass is 399 g/mol. The molecule has 3 rings (SSSR count). The van der Waals surface area contributed by atoms with Crippen LogP contribution in [-0.4, -0.2) is 25.7 Å². The molecular weight excluding hydrogens is 374 g/mol. The average molecular weight is 400 g/mol. The van der Waals surface area contributed by atoms with Gasteiger partial charge in [-0.3, -0.25) is 14.6 Å². The van der Waals surface area contributed by atoms with Crippen LogP contribution in [-0.2, 0) is 4.79 Å². The van der Waals surface area contributed by atoms with Crippen LogP contribution in [0.15, 0.2) is 34.4 Å². The van der Waals surface area contributed by atoms with E-state index in [4.69, 9.17) is 0 Å². The molecule has 0 aromatic carbocycles. The minimum absolute atomic E-state index is 0.0300. The van der Waals surface area contributed by atoms with Crippen LogP contribution in [0.5, 0.6) is 0 Å². The van der Waals surface area contributed by atoms with Gasteiger partial charge in [-0.2, -0.15) is 9.78 Å². The van der Waals surface area contributed by atoms with Crippen molar-refractivity contribution in [3.05, 3.63) is 45.7 Å². The van der Waals surface area contributed by atoms with E-state index in [1.165, 1.54) is 10.7 Å². The van der Waals surface area contributed by atoms with Gasteiger partial charge in [0.25, 0.3) is 5.56 Å². The molecule has 3 heterocycles. The predicted octanol–water partition coefficient (Wildman–Crippen LogP) is 4.15. The number of hydrogen-bond acceptors (Lipinski definition) is 5. The molecule has 0 radical (unpaired) electrons. The van der Waals surface area contributed by atoms with Crippen LogP contribution in [0.2, 0.25) is 0 Å². The van der Waals surface area contributed by atoms with E-state index in [1.54, 1.807) is 18.3 Å². The molecule has 0 saturated heterocycles. The third kappa shape index (κ3) is 4.56. The molecule has 0 saturated carbocycles. The number of nitrogens with one attached hydrogen (secondary N) is 2. The molecular formula is C20H25N5O2S. The fourth-order valence-corrected chi connectivity index (χ4v) is 3.85. The van der Waals surface area contributed by atoms with Crippen molar-refractivity contribution in [3.63, 3.8) is 0 Å². The van der Waals surface area contributed by atoms with Gasteiger partial charge in [-0.05, 0) is 31.2 Å². The zero-order valence-electron chi connectivity index (χ0n) is 16.4. The van der Waals surface area contributed by atoms with Crippen molar-refractivity contribution >= 4 is 23.1 Å². The van der Waals surface area contributed by atoms with E-state index in [9.17, 15) is 9.59 Å². The Morgan fingerprint density at radius 1 is 1.29 bits per heavy atom. The largest absolute Gasteiger partial charge is 0.310 e. The van der Waals surface area contributed by atoms with Crippen LogP contribution in [0.1, 0.15) is 45.2 Å². The smallest absolute Gasteiger partial charge is 0.252 e. The Labute approximate surface area is 167 Å². The van der Waals surface area contributed by atoms with Gasteiger partial charge >= 0.3 is 0 Å². The number of thiophene rings is 1. The molecule has 0 spiro atoms. The highest BCUT2D eigenvalue weighted by molar-refractivity contribution is 7.13. The van der Waals surface area contributed by atoms with Crippen LogP contribution in [0.25, 0.3) is 16.5 Å². The van der Waals surface area contributed by atoms with E-state index in [0.717, 1.165) is 36.3 Å². The lowest BCUT2D eigenvalue weighted by Crippen LogP contribution is -2.25. The summed E-state index contributed by atoms with van der Waals surface area (Å²) in [6.07, 6.45) is 3.57. The lowest BCUT2D eigenvalue weighted by molar-refractivity contribution is -0.120. The zero-order chi connectivity index (χ0) is 20.1. The van der Waals surface area contributed by atoms with E-state index in [1.807, 2.05) is 23.6 Å². The second kappa shape index (κ2) is 8.97. The molecule has 0 fully saturated rings. The number of hydrogen-bond donors (Lipinski definition) is 2. The van der Waals surface area contributed by atoms with E-state index in [2.05, 4.69) is 34.2 Å². The standard InChI is InChI=1S/C20H25N5O2S/c1-4-7-14(8-5-2)19(27)22-17-12-15(16-9-6-10-28-16)24-25(17)20-21-13(3)11-18(26)23-20/h6,9-12,14H,4-5,7-8H2,1-3H3,(H,22,27)(H,21,23,26).